The molecule has 3 aromatic heterocycles. The molecule has 1 atom stereocenters. The van der Waals surface area contributed by atoms with Crippen LogP contribution in [-0.4, -0.2) is 51.0 Å². The van der Waals surface area contributed by atoms with Crippen LogP contribution in [0.4, 0.5) is 15.8 Å². The summed E-state index contributed by atoms with van der Waals surface area (Å²) >= 11 is 19.2. The van der Waals surface area contributed by atoms with Gasteiger partial charge in [0.25, 0.3) is 5.56 Å². The van der Waals surface area contributed by atoms with E-state index in [0.29, 0.717) is 47.7 Å². The molecule has 0 aliphatic carbocycles. The van der Waals surface area contributed by atoms with Crippen LogP contribution in [0, 0.1) is 24.1 Å². The first-order chi connectivity index (χ1) is 21.3. The van der Waals surface area contributed by atoms with E-state index in [9.17, 15) is 14.9 Å². The minimum atomic E-state index is -0.882. The third-order valence-electron chi connectivity index (χ3n) is 7.96. The molecule has 45 heavy (non-hydrogen) atoms. The number of nitriles is 1. The Morgan fingerprint density at radius 1 is 1.20 bits per heavy atom. The first-order valence-electron chi connectivity index (χ1n) is 14.1. The Labute approximate surface area is 274 Å². The fourth-order valence-electron chi connectivity index (χ4n) is 5.81. The van der Waals surface area contributed by atoms with E-state index in [-0.39, 0.29) is 61.1 Å². The molecule has 9 nitrogen and oxygen atoms in total. The SMILES string of the molecule is C=CC(=O)N1CCN(c2c(C#N)c(=O)n(-c3c(C)ccnc3C(C)C)c3nc(-c4c(N)c(Cl)cc(Cl)c4F)c(Cl)cc23)C[C@H]1C. The molecule has 13 heteroatoms. The summed E-state index contributed by atoms with van der Waals surface area (Å²) in [5, 5.41) is 10.5. The van der Waals surface area contributed by atoms with Gasteiger partial charge in [-0.15, -0.1) is 0 Å². The van der Waals surface area contributed by atoms with E-state index in [1.54, 1.807) is 17.2 Å². The molecule has 1 amide bonds. The summed E-state index contributed by atoms with van der Waals surface area (Å²) in [5.41, 5.74) is 7.13. The third kappa shape index (κ3) is 5.39. The highest BCUT2D eigenvalue weighted by Crippen LogP contribution is 2.43. The number of aryl methyl sites for hydroxylation is 1. The van der Waals surface area contributed by atoms with Crippen LogP contribution >= 0.6 is 34.8 Å². The smallest absolute Gasteiger partial charge is 0.276 e. The van der Waals surface area contributed by atoms with Crippen molar-refractivity contribution in [3.8, 4) is 23.0 Å². The average molecular weight is 669 g/mol. The number of hydrogen-bond donors (Lipinski definition) is 1. The van der Waals surface area contributed by atoms with Crippen LogP contribution in [0.2, 0.25) is 15.1 Å². The van der Waals surface area contributed by atoms with Crippen LogP contribution in [0.5, 0.6) is 0 Å². The van der Waals surface area contributed by atoms with Crippen LogP contribution in [0.1, 0.15) is 43.5 Å². The molecule has 1 aliphatic rings. The molecule has 0 saturated carbocycles. The van der Waals surface area contributed by atoms with Gasteiger partial charge in [0.15, 0.2) is 5.82 Å². The lowest BCUT2D eigenvalue weighted by Gasteiger charge is -2.41. The van der Waals surface area contributed by atoms with Crippen molar-refractivity contribution >= 4 is 63.1 Å². The van der Waals surface area contributed by atoms with Crippen LogP contribution in [0.25, 0.3) is 28.0 Å². The fourth-order valence-corrected chi connectivity index (χ4v) is 6.52. The Hall–Kier alpha value is -4.17. The van der Waals surface area contributed by atoms with Gasteiger partial charge in [-0.05, 0) is 49.6 Å². The predicted octanol–water partition coefficient (Wildman–Crippen LogP) is 6.66. The number of amides is 1. The van der Waals surface area contributed by atoms with Crippen molar-refractivity contribution in [1.82, 2.24) is 19.4 Å². The largest absolute Gasteiger partial charge is 0.397 e. The summed E-state index contributed by atoms with van der Waals surface area (Å²) in [7, 11) is 0. The van der Waals surface area contributed by atoms with E-state index in [1.165, 1.54) is 22.8 Å². The summed E-state index contributed by atoms with van der Waals surface area (Å²) in [6.07, 6.45) is 2.90. The lowest BCUT2D eigenvalue weighted by molar-refractivity contribution is -0.128. The predicted molar refractivity (Wildman–Crippen MR) is 177 cm³/mol. The Bertz CT molecular complexity index is 1980. The summed E-state index contributed by atoms with van der Waals surface area (Å²) in [4.78, 5) is 39.8. The van der Waals surface area contributed by atoms with E-state index in [0.717, 1.165) is 0 Å². The van der Waals surface area contributed by atoms with Crippen molar-refractivity contribution < 1.29 is 9.18 Å². The van der Waals surface area contributed by atoms with Crippen LogP contribution in [0.3, 0.4) is 0 Å². The minimum Gasteiger partial charge on any atom is -0.397 e. The number of benzene rings is 1. The average Bonchev–Trinajstić information content (AvgIpc) is 3.00. The zero-order valence-corrected chi connectivity index (χ0v) is 27.2. The topological polar surface area (TPSA) is 121 Å². The van der Waals surface area contributed by atoms with E-state index < -0.39 is 11.4 Å². The number of rotatable bonds is 5. The Morgan fingerprint density at radius 3 is 2.53 bits per heavy atom. The number of carbonyl (C=O) groups excluding carboxylic acids is 1. The van der Waals surface area contributed by atoms with Gasteiger partial charge in [0.05, 0.1) is 49.1 Å². The Morgan fingerprint density at radius 2 is 1.91 bits per heavy atom. The molecule has 1 aromatic carbocycles. The number of anilines is 2. The van der Waals surface area contributed by atoms with Gasteiger partial charge in [0.2, 0.25) is 5.91 Å². The third-order valence-corrected chi connectivity index (χ3v) is 8.84. The van der Waals surface area contributed by atoms with Gasteiger partial charge < -0.3 is 15.5 Å². The zero-order valence-electron chi connectivity index (χ0n) is 25.0. The summed E-state index contributed by atoms with van der Waals surface area (Å²) in [6.45, 7) is 12.1. The molecule has 0 bridgehead atoms. The molecule has 0 spiro atoms. The van der Waals surface area contributed by atoms with Gasteiger partial charge in [-0.3, -0.25) is 19.1 Å². The normalized spacial score (nSPS) is 15.1. The Kier molecular flexibility index (Phi) is 8.82. The molecule has 5 rings (SSSR count). The highest BCUT2D eigenvalue weighted by molar-refractivity contribution is 6.38. The first-order valence-corrected chi connectivity index (χ1v) is 15.2. The van der Waals surface area contributed by atoms with Crippen molar-refractivity contribution in [2.75, 3.05) is 30.3 Å². The monoisotopic (exact) mass is 667 g/mol. The lowest BCUT2D eigenvalue weighted by atomic mass is 10.0. The number of nitrogens with zero attached hydrogens (tertiary/aromatic N) is 6. The van der Waals surface area contributed by atoms with E-state index >= 15 is 4.39 Å². The number of carbonyl (C=O) groups is 1. The highest BCUT2D eigenvalue weighted by atomic mass is 35.5. The van der Waals surface area contributed by atoms with Gasteiger partial charge in [0.1, 0.15) is 17.3 Å². The van der Waals surface area contributed by atoms with Gasteiger partial charge in [-0.25, -0.2) is 9.37 Å². The summed E-state index contributed by atoms with van der Waals surface area (Å²) in [5.74, 6) is -1.22. The summed E-state index contributed by atoms with van der Waals surface area (Å²) < 4.78 is 16.9. The van der Waals surface area contributed by atoms with Crippen LogP contribution in [-0.2, 0) is 4.79 Å². The second kappa shape index (κ2) is 12.3. The molecular weight excluding hydrogens is 640 g/mol. The second-order valence-corrected chi connectivity index (χ2v) is 12.4. The molecule has 0 unspecified atom stereocenters. The quantitative estimate of drug-likeness (QED) is 0.144. The molecule has 4 aromatic rings. The molecular formula is C32H29Cl3FN7O2. The number of fused-ring (bicyclic) bond motifs is 1. The van der Waals surface area contributed by atoms with Crippen LogP contribution in [0.15, 0.2) is 41.8 Å². The fraction of sp³-hybridized carbons (Fsp3) is 0.281. The molecule has 1 aliphatic heterocycles. The molecule has 1 fully saturated rings. The van der Waals surface area contributed by atoms with E-state index in [1.807, 2.05) is 32.6 Å². The van der Waals surface area contributed by atoms with Crippen molar-refractivity contribution in [1.29, 1.82) is 5.26 Å². The molecule has 232 valence electrons. The highest BCUT2D eigenvalue weighted by Gasteiger charge is 2.32. The number of hydrogen-bond acceptors (Lipinski definition) is 7. The van der Waals surface area contributed by atoms with Crippen molar-refractivity contribution in [2.24, 2.45) is 0 Å². The second-order valence-electron chi connectivity index (χ2n) is 11.2. The number of aromatic nitrogens is 3. The van der Waals surface area contributed by atoms with Crippen molar-refractivity contribution in [2.45, 2.75) is 39.7 Å². The molecule has 2 N–H and O–H groups in total. The number of nitrogen functional groups attached to an aromatic ring is 1. The number of pyridine rings is 3. The molecule has 0 radical (unpaired) electrons. The zero-order chi connectivity index (χ0) is 32.9. The van der Waals surface area contributed by atoms with Gasteiger partial charge in [-0.1, -0.05) is 55.2 Å². The minimum absolute atomic E-state index is 0.00148. The van der Waals surface area contributed by atoms with Crippen molar-refractivity contribution in [3.05, 3.63) is 85.1 Å². The molecule has 1 saturated heterocycles. The van der Waals surface area contributed by atoms with Gasteiger partial charge in [-0.2, -0.15) is 5.26 Å². The Balaban J connectivity index is 1.93. The maximum absolute atomic E-state index is 15.6. The molecule has 4 heterocycles. The number of halogens is 4. The summed E-state index contributed by atoms with van der Waals surface area (Å²) in [6, 6.07) is 6.31. The van der Waals surface area contributed by atoms with Crippen LogP contribution < -0.4 is 16.2 Å². The maximum Gasteiger partial charge on any atom is 0.276 e. The first kappa shape index (κ1) is 32.2. The lowest BCUT2D eigenvalue weighted by Crippen LogP contribution is -2.54. The van der Waals surface area contributed by atoms with E-state index in [4.69, 9.17) is 45.5 Å². The standard InChI is InChI=1S/C32H29Cl3FN7O2/c1-6-23(44)42-10-9-41(14-17(42)5)30-18-11-22(35)28(24-25(36)20(33)12-21(34)26(24)38)40-31(18)43(32(45)19(30)13-37)29-16(4)7-8-39-27(29)15(2)3/h6-8,11-12,15,17H,1,9-10,14,38H2,2-5H3/t17-/m1/s1. The number of piperazine rings is 1. The van der Waals surface area contributed by atoms with Crippen molar-refractivity contribution in [3.63, 3.8) is 0 Å². The van der Waals surface area contributed by atoms with Gasteiger partial charge in [0, 0.05) is 37.3 Å². The van der Waals surface area contributed by atoms with E-state index in [2.05, 4.69) is 17.6 Å². The van der Waals surface area contributed by atoms with Gasteiger partial charge >= 0.3 is 0 Å². The maximum atomic E-state index is 15.6. The number of nitrogens with two attached hydrogens (primary N) is 1.